The number of nitrogens with zero attached hydrogens (tertiary/aromatic N) is 3. The molecule has 1 N–H and O–H groups in total. The smallest absolute Gasteiger partial charge is 0.358 e. The van der Waals surface area contributed by atoms with Crippen LogP contribution in [0.4, 0.5) is 0 Å². The van der Waals surface area contributed by atoms with Gasteiger partial charge in [-0.15, -0.1) is 5.10 Å². The number of hydrogen-bond donors (Lipinski definition) is 1. The first-order valence-corrected chi connectivity index (χ1v) is 8.30. The van der Waals surface area contributed by atoms with Gasteiger partial charge in [0.15, 0.2) is 5.69 Å². The van der Waals surface area contributed by atoms with Gasteiger partial charge in [0, 0.05) is 6.54 Å². The van der Waals surface area contributed by atoms with Crippen molar-refractivity contribution in [2.24, 2.45) is 0 Å². The number of carboxylic acids is 1. The van der Waals surface area contributed by atoms with Gasteiger partial charge in [-0.3, -0.25) is 0 Å². The molecule has 0 radical (unpaired) electrons. The minimum atomic E-state index is -0.998. The first-order valence-electron chi connectivity index (χ1n) is 8.30. The molecular weight excluding hydrogens is 266 g/mol. The number of aryl methyl sites for hydroxylation is 1. The molecule has 1 rings (SSSR count). The number of unbranched alkanes of at least 4 members (excludes halogenated alkanes) is 9. The molecule has 0 aromatic carbocycles. The fraction of sp³-hybridized carbons (Fsp3) is 0.812. The lowest BCUT2D eigenvalue weighted by Crippen LogP contribution is -2.04. The second kappa shape index (κ2) is 10.4. The van der Waals surface area contributed by atoms with E-state index in [4.69, 9.17) is 5.11 Å². The van der Waals surface area contributed by atoms with Crippen LogP contribution in [-0.2, 0) is 6.54 Å². The molecule has 0 fully saturated rings. The summed E-state index contributed by atoms with van der Waals surface area (Å²) in [5, 5.41) is 16.5. The van der Waals surface area contributed by atoms with Gasteiger partial charge in [0.1, 0.15) is 0 Å². The number of aromatic nitrogens is 3. The van der Waals surface area contributed by atoms with Crippen molar-refractivity contribution in [2.45, 2.75) is 84.6 Å². The van der Waals surface area contributed by atoms with Crippen molar-refractivity contribution in [1.29, 1.82) is 0 Å². The molecule has 21 heavy (non-hydrogen) atoms. The maximum atomic E-state index is 10.9. The molecule has 0 aliphatic rings. The SMILES string of the molecule is CCCCCCCCCCCCn1nnc(C(=O)O)c1C. The highest BCUT2D eigenvalue weighted by molar-refractivity contribution is 5.86. The molecule has 5 heteroatoms. The largest absolute Gasteiger partial charge is 0.476 e. The fourth-order valence-corrected chi connectivity index (χ4v) is 2.52. The van der Waals surface area contributed by atoms with E-state index in [-0.39, 0.29) is 5.69 Å². The Bertz CT molecular complexity index is 416. The Morgan fingerprint density at radius 2 is 1.52 bits per heavy atom. The second-order valence-corrected chi connectivity index (χ2v) is 5.73. The minimum absolute atomic E-state index is 0.0714. The van der Waals surface area contributed by atoms with E-state index in [1.54, 1.807) is 11.6 Å². The van der Waals surface area contributed by atoms with Crippen molar-refractivity contribution in [3.05, 3.63) is 11.4 Å². The third-order valence-corrected chi connectivity index (χ3v) is 3.91. The van der Waals surface area contributed by atoms with Crippen LogP contribution < -0.4 is 0 Å². The zero-order chi connectivity index (χ0) is 15.5. The van der Waals surface area contributed by atoms with E-state index in [9.17, 15) is 4.79 Å². The summed E-state index contributed by atoms with van der Waals surface area (Å²) in [6.07, 6.45) is 12.9. The molecular formula is C16H29N3O2. The Labute approximate surface area is 127 Å². The number of carboxylic acid groups (broad SMARTS) is 1. The lowest BCUT2D eigenvalue weighted by atomic mass is 10.1. The van der Waals surface area contributed by atoms with Crippen molar-refractivity contribution in [2.75, 3.05) is 0 Å². The molecule has 0 amide bonds. The standard InChI is InChI=1S/C16H29N3O2/c1-3-4-5-6-7-8-9-10-11-12-13-19-14(2)15(16(20)21)17-18-19/h3-13H2,1-2H3,(H,20,21). The van der Waals surface area contributed by atoms with Crippen LogP contribution in [0.2, 0.25) is 0 Å². The Morgan fingerprint density at radius 1 is 1.00 bits per heavy atom. The highest BCUT2D eigenvalue weighted by Gasteiger charge is 2.14. The van der Waals surface area contributed by atoms with Gasteiger partial charge in [-0.2, -0.15) is 0 Å². The Balaban J connectivity index is 2.03. The topological polar surface area (TPSA) is 68.0 Å². The van der Waals surface area contributed by atoms with Gasteiger partial charge >= 0.3 is 5.97 Å². The van der Waals surface area contributed by atoms with Crippen LogP contribution in [0.25, 0.3) is 0 Å². The van der Waals surface area contributed by atoms with Gasteiger partial charge in [0.25, 0.3) is 0 Å². The summed E-state index contributed by atoms with van der Waals surface area (Å²) in [6.45, 7) is 4.78. The van der Waals surface area contributed by atoms with Gasteiger partial charge in [0.2, 0.25) is 0 Å². The summed E-state index contributed by atoms with van der Waals surface area (Å²) in [5.41, 5.74) is 0.723. The zero-order valence-electron chi connectivity index (χ0n) is 13.5. The second-order valence-electron chi connectivity index (χ2n) is 5.73. The van der Waals surface area contributed by atoms with Crippen LogP contribution in [-0.4, -0.2) is 26.1 Å². The molecule has 0 aliphatic carbocycles. The van der Waals surface area contributed by atoms with Crippen molar-refractivity contribution >= 4 is 5.97 Å². The Morgan fingerprint density at radius 3 is 2.00 bits per heavy atom. The molecule has 0 atom stereocenters. The number of carbonyl (C=O) groups is 1. The predicted octanol–water partition coefficient (Wildman–Crippen LogP) is 4.21. The summed E-state index contributed by atoms with van der Waals surface area (Å²) in [7, 11) is 0. The normalized spacial score (nSPS) is 11.0. The Hall–Kier alpha value is -1.39. The van der Waals surface area contributed by atoms with E-state index in [0.29, 0.717) is 5.69 Å². The first-order chi connectivity index (χ1) is 10.2. The summed E-state index contributed by atoms with van der Waals surface area (Å²) in [4.78, 5) is 10.9. The summed E-state index contributed by atoms with van der Waals surface area (Å²) in [5.74, 6) is -0.998. The monoisotopic (exact) mass is 295 g/mol. The van der Waals surface area contributed by atoms with E-state index >= 15 is 0 Å². The van der Waals surface area contributed by atoms with Gasteiger partial charge in [-0.25, -0.2) is 9.48 Å². The van der Waals surface area contributed by atoms with Crippen molar-refractivity contribution < 1.29 is 9.90 Å². The lowest BCUT2D eigenvalue weighted by Gasteiger charge is -2.04. The van der Waals surface area contributed by atoms with Crippen molar-refractivity contribution in [1.82, 2.24) is 15.0 Å². The van der Waals surface area contributed by atoms with E-state index in [2.05, 4.69) is 17.2 Å². The summed E-state index contributed by atoms with van der Waals surface area (Å²) >= 11 is 0. The average Bonchev–Trinajstić information content (AvgIpc) is 2.82. The van der Waals surface area contributed by atoms with Gasteiger partial charge in [0.05, 0.1) is 5.69 Å². The molecule has 0 saturated heterocycles. The van der Waals surface area contributed by atoms with Crippen LogP contribution in [0.5, 0.6) is 0 Å². The van der Waals surface area contributed by atoms with Gasteiger partial charge in [-0.05, 0) is 13.3 Å². The van der Waals surface area contributed by atoms with Crippen LogP contribution in [0.1, 0.15) is 87.3 Å². The van der Waals surface area contributed by atoms with E-state index in [0.717, 1.165) is 13.0 Å². The molecule has 1 heterocycles. The van der Waals surface area contributed by atoms with Gasteiger partial charge < -0.3 is 5.11 Å². The molecule has 0 bridgehead atoms. The number of rotatable bonds is 12. The lowest BCUT2D eigenvalue weighted by molar-refractivity contribution is 0.0689. The summed E-state index contributed by atoms with van der Waals surface area (Å²) in [6, 6.07) is 0. The summed E-state index contributed by atoms with van der Waals surface area (Å²) < 4.78 is 1.70. The first kappa shape index (κ1) is 17.7. The quantitative estimate of drug-likeness (QED) is 0.587. The molecule has 5 nitrogen and oxygen atoms in total. The molecule has 0 aliphatic heterocycles. The van der Waals surface area contributed by atoms with Crippen molar-refractivity contribution in [3.63, 3.8) is 0 Å². The van der Waals surface area contributed by atoms with Crippen LogP contribution in [0.3, 0.4) is 0 Å². The minimum Gasteiger partial charge on any atom is -0.476 e. The molecule has 0 unspecified atom stereocenters. The van der Waals surface area contributed by atoms with Crippen molar-refractivity contribution in [3.8, 4) is 0 Å². The number of aromatic carboxylic acids is 1. The molecule has 0 spiro atoms. The Kier molecular flexibility index (Phi) is 8.71. The van der Waals surface area contributed by atoms with Crippen LogP contribution in [0, 0.1) is 6.92 Å². The maximum Gasteiger partial charge on any atom is 0.358 e. The van der Waals surface area contributed by atoms with E-state index < -0.39 is 5.97 Å². The predicted molar refractivity (Wildman–Crippen MR) is 83.6 cm³/mol. The van der Waals surface area contributed by atoms with E-state index in [1.807, 2.05) is 0 Å². The average molecular weight is 295 g/mol. The third-order valence-electron chi connectivity index (χ3n) is 3.91. The highest BCUT2D eigenvalue weighted by atomic mass is 16.4. The number of hydrogen-bond acceptors (Lipinski definition) is 3. The molecule has 0 saturated carbocycles. The highest BCUT2D eigenvalue weighted by Crippen LogP contribution is 2.11. The maximum absolute atomic E-state index is 10.9. The van der Waals surface area contributed by atoms with Gasteiger partial charge in [-0.1, -0.05) is 69.9 Å². The third kappa shape index (κ3) is 6.74. The van der Waals surface area contributed by atoms with Crippen LogP contribution in [0.15, 0.2) is 0 Å². The molecule has 1 aromatic heterocycles. The molecule has 120 valence electrons. The zero-order valence-corrected chi connectivity index (χ0v) is 13.5. The van der Waals surface area contributed by atoms with Crippen LogP contribution >= 0.6 is 0 Å². The fourth-order valence-electron chi connectivity index (χ4n) is 2.52. The molecule has 1 aromatic rings. The van der Waals surface area contributed by atoms with E-state index in [1.165, 1.54) is 57.8 Å².